The third-order valence-corrected chi connectivity index (χ3v) is 13.0. The number of carbonyl (C=O) groups is 8. The number of nitrogens with two attached hydrogens (primary N) is 1. The number of imidazole rings is 1. The number of amides is 5. The third kappa shape index (κ3) is 25.6. The van der Waals surface area contributed by atoms with E-state index in [2.05, 4.69) is 36.2 Å². The van der Waals surface area contributed by atoms with Crippen LogP contribution in [0.2, 0.25) is 1.41 Å². The largest absolute Gasteiger partial charge is 0.493 e. The van der Waals surface area contributed by atoms with Gasteiger partial charge in [-0.3, -0.25) is 38.1 Å². The average Bonchev–Trinajstić information content (AvgIpc) is 1.94. The van der Waals surface area contributed by atoms with Crippen LogP contribution in [0, 0.1) is 5.92 Å². The minimum atomic E-state index is -1.40. The monoisotopic (exact) mass is 1240 g/mol. The van der Waals surface area contributed by atoms with E-state index in [0.29, 0.717) is 105 Å². The summed E-state index contributed by atoms with van der Waals surface area (Å²) in [5.74, 6) is -5.45. The van der Waals surface area contributed by atoms with Gasteiger partial charge >= 0.3 is 29.6 Å². The molecule has 2 heterocycles. The van der Waals surface area contributed by atoms with Gasteiger partial charge in [0.25, 0.3) is 5.91 Å². The third-order valence-electron chi connectivity index (χ3n) is 13.0. The highest BCUT2D eigenvalue weighted by Gasteiger charge is 2.30. The van der Waals surface area contributed by atoms with E-state index < -0.39 is 65.9 Å². The van der Waals surface area contributed by atoms with Gasteiger partial charge in [0.1, 0.15) is 24.2 Å². The Bertz CT molecular complexity index is 3230. The molecule has 0 spiro atoms. The summed E-state index contributed by atoms with van der Waals surface area (Å²) in [7, 11) is 1.35. The van der Waals surface area contributed by atoms with Crippen molar-refractivity contribution in [3.63, 3.8) is 0 Å². The number of hydrogen-bond donors (Lipinski definition) is 7. The van der Waals surface area contributed by atoms with Crippen LogP contribution in [-0.4, -0.2) is 159 Å². The number of H-pyrrole nitrogens is 1. The molecule has 89 heavy (non-hydrogen) atoms. The molecule has 5 rings (SSSR count). The predicted octanol–water partition coefficient (Wildman–Crippen LogP) is 3.84. The SMILES string of the molecule is [2H]N(C(=O)CNC(=O)/C=C/c1ccc(OC(=O)CCC(=O)NCCCOCCOCCOCCCNC(=O)c2ccc(Cn3c(=O)[nH]c4c(N)nc(OCCCC)nc43)cc2)c(OC)c1)[C@H](C(=O)N[C@@H](CCC(=O)OCC)C(=O)OCc1ccccc1)C(C)C. The fraction of sp³-hybridized carbons (Fsp3) is 0.468. The molecule has 27 heteroatoms. The molecular weight excluding hydrogens is 1160 g/mol. The Morgan fingerprint density at radius 3 is 2.11 bits per heavy atom. The van der Waals surface area contributed by atoms with Crippen molar-refractivity contribution in [2.24, 2.45) is 5.92 Å². The number of esters is 3. The molecule has 0 unspecified atom stereocenters. The number of methoxy groups -OCH3 is 1. The molecule has 2 aromatic heterocycles. The Kier molecular flexibility index (Phi) is 30.1. The van der Waals surface area contributed by atoms with Crippen LogP contribution in [0.5, 0.6) is 17.5 Å². The quantitative estimate of drug-likeness (QED) is 0.0126. The van der Waals surface area contributed by atoms with Crippen molar-refractivity contribution in [3.05, 3.63) is 112 Å². The van der Waals surface area contributed by atoms with Crippen LogP contribution in [0.1, 0.15) is 106 Å². The molecule has 5 aromatic rings. The average molecular weight is 1240 g/mol. The fourth-order valence-electron chi connectivity index (χ4n) is 8.20. The number of nitrogens with one attached hydrogen (secondary N) is 6. The Morgan fingerprint density at radius 2 is 1.44 bits per heavy atom. The molecule has 5 amide bonds. The summed E-state index contributed by atoms with van der Waals surface area (Å²) in [6.07, 6.45) is 4.69. The van der Waals surface area contributed by atoms with Gasteiger partial charge in [-0.15, -0.1) is 0 Å². The molecule has 0 aliphatic carbocycles. The summed E-state index contributed by atoms with van der Waals surface area (Å²) >= 11 is 0. The normalized spacial score (nSPS) is 12.0. The van der Waals surface area contributed by atoms with Gasteiger partial charge in [-0.05, 0) is 85.6 Å². The Hall–Kier alpha value is -9.21. The second kappa shape index (κ2) is 38.8. The molecule has 27 nitrogen and oxygen atoms in total. The number of anilines is 1. The van der Waals surface area contributed by atoms with E-state index in [-0.39, 0.29) is 80.6 Å². The summed E-state index contributed by atoms with van der Waals surface area (Å²) in [5.41, 5.74) is 8.71. The van der Waals surface area contributed by atoms with Crippen molar-refractivity contribution in [2.75, 3.05) is 85.3 Å². The summed E-state index contributed by atoms with van der Waals surface area (Å²) < 4.78 is 53.5. The first-order chi connectivity index (χ1) is 43.4. The van der Waals surface area contributed by atoms with Crippen molar-refractivity contribution in [2.45, 2.75) is 104 Å². The van der Waals surface area contributed by atoms with Gasteiger partial charge in [-0.2, -0.15) is 9.97 Å². The number of benzene rings is 3. The molecule has 2 atom stereocenters. The number of hydrogen-bond acceptors (Lipinski definition) is 20. The second-order valence-corrected chi connectivity index (χ2v) is 20.3. The van der Waals surface area contributed by atoms with Crippen molar-refractivity contribution < 1.29 is 77.7 Å². The van der Waals surface area contributed by atoms with Crippen LogP contribution in [-0.2, 0) is 70.4 Å². The maximum absolute atomic E-state index is 13.5. The van der Waals surface area contributed by atoms with Crippen molar-refractivity contribution in [1.29, 1.82) is 0 Å². The molecule has 3 aromatic carbocycles. The number of unbranched alkanes of at least 4 members (excludes halogenated alkanes) is 1. The zero-order chi connectivity index (χ0) is 65.2. The van der Waals surface area contributed by atoms with E-state index in [4.69, 9.17) is 45.0 Å². The molecule has 0 saturated carbocycles. The minimum Gasteiger partial charge on any atom is -0.493 e. The number of aromatic amines is 1. The number of fused-ring (bicyclic) bond motifs is 1. The van der Waals surface area contributed by atoms with Gasteiger partial charge in [-0.1, -0.05) is 75.7 Å². The van der Waals surface area contributed by atoms with Gasteiger partial charge in [-0.25, -0.2) is 9.59 Å². The molecule has 0 aliphatic heterocycles. The molecule has 0 aliphatic rings. The molecule has 0 fully saturated rings. The maximum atomic E-state index is 13.5. The summed E-state index contributed by atoms with van der Waals surface area (Å²) in [6.45, 7) is 9.78. The van der Waals surface area contributed by atoms with E-state index in [1.165, 1.54) is 29.9 Å². The predicted molar refractivity (Wildman–Crippen MR) is 326 cm³/mol. The highest BCUT2D eigenvalue weighted by atomic mass is 16.6. The number of aromatic nitrogens is 4. The molecule has 482 valence electrons. The Morgan fingerprint density at radius 1 is 0.742 bits per heavy atom. The lowest BCUT2D eigenvalue weighted by Crippen LogP contribution is -2.55. The molecular formula is C62H82N10O17. The fourth-order valence-corrected chi connectivity index (χ4v) is 8.20. The van der Waals surface area contributed by atoms with Crippen LogP contribution in [0.4, 0.5) is 5.82 Å². The van der Waals surface area contributed by atoms with Crippen molar-refractivity contribution >= 4 is 70.5 Å². The molecule has 0 radical (unpaired) electrons. The lowest BCUT2D eigenvalue weighted by Gasteiger charge is -2.25. The topological polar surface area (TPSA) is 360 Å². The first-order valence-corrected chi connectivity index (χ1v) is 29.5. The maximum Gasteiger partial charge on any atom is 0.328 e. The first-order valence-electron chi connectivity index (χ1n) is 29.9. The van der Waals surface area contributed by atoms with E-state index in [1.807, 2.05) is 6.92 Å². The summed E-state index contributed by atoms with van der Waals surface area (Å²) in [5, 5.41) is 11.0. The van der Waals surface area contributed by atoms with E-state index in [9.17, 15) is 43.2 Å². The van der Waals surface area contributed by atoms with E-state index in [0.717, 1.165) is 24.5 Å². The number of nitrogens with zero attached hydrogens (tertiary/aromatic N) is 3. The highest BCUT2D eigenvalue weighted by Crippen LogP contribution is 2.29. The smallest absolute Gasteiger partial charge is 0.328 e. The standard InChI is InChI=1S/C62H82N10O17/c1-6-8-32-87-61-70-56(63)55-57(71-61)72(62(81)69-55)39-43-16-20-45(21-17-43)58(78)65-29-13-31-84-34-36-85-35-33-83-30-12-28-64-49(73)25-27-53(77)89-47-23-18-42(37-48(47)82-5)19-24-50(74)66-38-51(75)68-54(41(3)4)59(79)67-46(22-26-52(76)86-7-2)60(80)88-40-44-14-10-9-11-15-44/h9-11,14-21,23-24,37,41,46,54H,6-8,12-13,22,25-36,38-40H2,1-5H3,(H,64,73)(H,65,78)(H,66,74)(H,67,79)(H,68,75)(H,69,81)(H2,63,70,71)/b24-19+/t46-,54-/m0/s1/i/hD. The van der Waals surface area contributed by atoms with Crippen LogP contribution in [0.3, 0.4) is 0 Å². The van der Waals surface area contributed by atoms with Crippen molar-refractivity contribution in [3.8, 4) is 17.5 Å². The van der Waals surface area contributed by atoms with Crippen LogP contribution >= 0.6 is 0 Å². The van der Waals surface area contributed by atoms with Crippen LogP contribution in [0.25, 0.3) is 17.2 Å². The first kappa shape index (κ1) is 68.9. The van der Waals surface area contributed by atoms with Gasteiger partial charge in [0.15, 0.2) is 24.4 Å². The zero-order valence-electron chi connectivity index (χ0n) is 52.0. The lowest BCUT2D eigenvalue weighted by molar-refractivity contribution is -0.150. The molecule has 8 N–H and O–H groups in total. The van der Waals surface area contributed by atoms with Gasteiger partial charge < -0.3 is 75.2 Å². The zero-order valence-corrected chi connectivity index (χ0v) is 51.0. The Labute approximate surface area is 517 Å². The van der Waals surface area contributed by atoms with Gasteiger partial charge in [0, 0.05) is 50.8 Å². The number of ether oxygens (including phenoxy) is 8. The van der Waals surface area contributed by atoms with Gasteiger partial charge in [0.2, 0.25) is 23.6 Å². The highest BCUT2D eigenvalue weighted by molar-refractivity contribution is 5.96. The van der Waals surface area contributed by atoms with Gasteiger partial charge in [0.05, 0.1) is 66.3 Å². The van der Waals surface area contributed by atoms with E-state index in [1.54, 1.807) is 81.4 Å². The lowest BCUT2D eigenvalue weighted by atomic mass is 10.0. The number of nitrogen functional groups attached to an aromatic ring is 1. The number of rotatable bonds is 41. The van der Waals surface area contributed by atoms with Crippen molar-refractivity contribution in [1.82, 2.24) is 46.1 Å². The Balaban J connectivity index is 0.886. The van der Waals surface area contributed by atoms with E-state index >= 15 is 0 Å². The second-order valence-electron chi connectivity index (χ2n) is 20.3. The molecule has 0 bridgehead atoms. The van der Waals surface area contributed by atoms with Crippen LogP contribution < -0.4 is 52.2 Å². The summed E-state index contributed by atoms with van der Waals surface area (Å²) in [4.78, 5) is 127. The summed E-state index contributed by atoms with van der Waals surface area (Å²) in [6, 6.07) is 17.6. The number of carbonyl (C=O) groups excluding carboxylic acids is 8. The molecule has 0 saturated heterocycles. The minimum absolute atomic E-state index is 0.0737. The van der Waals surface area contributed by atoms with Crippen LogP contribution in [0.15, 0.2) is 83.7 Å².